The molecule has 1 fully saturated rings. The molecule has 0 N–H and O–H groups in total. The van der Waals surface area contributed by atoms with E-state index in [4.69, 9.17) is 9.47 Å². The van der Waals surface area contributed by atoms with E-state index in [1.165, 1.54) is 24.4 Å². The molecule has 0 spiro atoms. The van der Waals surface area contributed by atoms with Crippen LogP contribution in [-0.2, 0) is 9.53 Å². The zero-order chi connectivity index (χ0) is 22.2. The summed E-state index contributed by atoms with van der Waals surface area (Å²) in [5, 5.41) is 0. The highest BCUT2D eigenvalue weighted by atomic mass is 19.1. The number of ether oxygens (including phenoxy) is 2. The molecule has 0 unspecified atom stereocenters. The molecule has 1 aromatic heterocycles. The molecular formula is C23H26FN3O4. The molecule has 164 valence electrons. The van der Waals surface area contributed by atoms with E-state index in [-0.39, 0.29) is 23.7 Å². The predicted octanol–water partition coefficient (Wildman–Crippen LogP) is 3.96. The second-order valence-electron chi connectivity index (χ2n) is 7.60. The van der Waals surface area contributed by atoms with Crippen molar-refractivity contribution in [1.29, 1.82) is 0 Å². The van der Waals surface area contributed by atoms with E-state index in [0.717, 1.165) is 0 Å². The molecular weight excluding hydrogens is 401 g/mol. The Morgan fingerprint density at radius 3 is 2.55 bits per heavy atom. The van der Waals surface area contributed by atoms with Crippen LogP contribution in [0.1, 0.15) is 19.4 Å². The molecule has 0 aliphatic carbocycles. The maximum Gasteiger partial charge on any atom is 0.409 e. The summed E-state index contributed by atoms with van der Waals surface area (Å²) in [6, 6.07) is 7.86. The lowest BCUT2D eigenvalue weighted by Crippen LogP contribution is -2.50. The number of hydrogen-bond donors (Lipinski definition) is 0. The van der Waals surface area contributed by atoms with Crippen LogP contribution >= 0.6 is 0 Å². The minimum Gasteiger partial charge on any atom is -0.453 e. The molecule has 0 saturated carbocycles. The first kappa shape index (κ1) is 22.3. The fraction of sp³-hybridized carbons (Fsp3) is 0.348. The third-order valence-electron chi connectivity index (χ3n) is 4.63. The maximum absolute atomic E-state index is 14.3. The summed E-state index contributed by atoms with van der Waals surface area (Å²) in [6.45, 7) is 6.02. The number of aromatic nitrogens is 1. The van der Waals surface area contributed by atoms with Crippen molar-refractivity contribution in [2.75, 3.05) is 32.8 Å². The van der Waals surface area contributed by atoms with E-state index in [1.54, 1.807) is 40.3 Å². The van der Waals surface area contributed by atoms with Crippen molar-refractivity contribution in [1.82, 2.24) is 14.8 Å². The zero-order valence-corrected chi connectivity index (χ0v) is 17.7. The van der Waals surface area contributed by atoms with Gasteiger partial charge in [-0.2, -0.15) is 0 Å². The predicted molar refractivity (Wildman–Crippen MR) is 114 cm³/mol. The van der Waals surface area contributed by atoms with Crippen molar-refractivity contribution >= 4 is 18.1 Å². The topological polar surface area (TPSA) is 72.0 Å². The first-order valence-corrected chi connectivity index (χ1v) is 10.2. The molecule has 1 aliphatic heterocycles. The van der Waals surface area contributed by atoms with Crippen LogP contribution in [0, 0.1) is 11.7 Å². The van der Waals surface area contributed by atoms with Gasteiger partial charge in [-0.1, -0.05) is 19.9 Å². The molecule has 8 heteroatoms. The maximum atomic E-state index is 14.3. The molecule has 2 heterocycles. The van der Waals surface area contributed by atoms with Gasteiger partial charge in [0.2, 0.25) is 5.91 Å². The Hall–Kier alpha value is -3.42. The zero-order valence-electron chi connectivity index (χ0n) is 17.7. The van der Waals surface area contributed by atoms with Gasteiger partial charge in [-0.3, -0.25) is 9.78 Å². The van der Waals surface area contributed by atoms with Crippen LogP contribution in [0.4, 0.5) is 9.18 Å². The first-order valence-electron chi connectivity index (χ1n) is 10.2. The van der Waals surface area contributed by atoms with E-state index < -0.39 is 5.82 Å². The number of piperazine rings is 1. The third kappa shape index (κ3) is 6.53. The molecule has 2 aromatic rings. The standard InChI is InChI=1S/C23H26FN3O4/c1-17(2)16-30-23(29)27-12-10-26(11-13-27)22(28)8-6-18-5-7-21(20(24)14-18)31-19-4-3-9-25-15-19/h3-9,14-15,17H,10-13,16H2,1-2H3/b8-6+. The van der Waals surface area contributed by atoms with Gasteiger partial charge in [0.25, 0.3) is 0 Å². The number of nitrogens with zero attached hydrogens (tertiary/aromatic N) is 3. The molecule has 1 aromatic carbocycles. The van der Waals surface area contributed by atoms with Gasteiger partial charge in [0.05, 0.1) is 12.8 Å². The van der Waals surface area contributed by atoms with Crippen molar-refractivity contribution < 1.29 is 23.5 Å². The Balaban J connectivity index is 1.51. The molecule has 1 saturated heterocycles. The van der Waals surface area contributed by atoms with Crippen molar-refractivity contribution in [3.05, 3.63) is 60.2 Å². The number of hydrogen-bond acceptors (Lipinski definition) is 5. The Labute approximate surface area is 181 Å². The van der Waals surface area contributed by atoms with Gasteiger partial charge in [-0.05, 0) is 41.8 Å². The molecule has 31 heavy (non-hydrogen) atoms. The molecule has 0 atom stereocenters. The van der Waals surface area contributed by atoms with Crippen LogP contribution in [0.3, 0.4) is 0 Å². The summed E-state index contributed by atoms with van der Waals surface area (Å²) >= 11 is 0. The Kier molecular flexibility index (Phi) is 7.59. The van der Waals surface area contributed by atoms with Crippen LogP contribution < -0.4 is 4.74 Å². The monoisotopic (exact) mass is 427 g/mol. The average molecular weight is 427 g/mol. The molecule has 2 amide bonds. The Bertz CT molecular complexity index is 926. The van der Waals surface area contributed by atoms with Gasteiger partial charge >= 0.3 is 6.09 Å². The van der Waals surface area contributed by atoms with Gasteiger partial charge in [0, 0.05) is 38.5 Å². The highest BCUT2D eigenvalue weighted by Gasteiger charge is 2.24. The number of halogens is 1. The van der Waals surface area contributed by atoms with Crippen LogP contribution in [0.15, 0.2) is 48.8 Å². The lowest BCUT2D eigenvalue weighted by atomic mass is 10.2. The van der Waals surface area contributed by atoms with E-state index in [1.807, 2.05) is 13.8 Å². The van der Waals surface area contributed by atoms with Gasteiger partial charge in [0.15, 0.2) is 11.6 Å². The third-order valence-corrected chi connectivity index (χ3v) is 4.63. The quantitative estimate of drug-likeness (QED) is 0.653. The van der Waals surface area contributed by atoms with Gasteiger partial charge in [-0.25, -0.2) is 9.18 Å². The molecule has 3 rings (SSSR count). The van der Waals surface area contributed by atoms with E-state index >= 15 is 0 Å². The second-order valence-corrected chi connectivity index (χ2v) is 7.60. The van der Waals surface area contributed by atoms with E-state index in [9.17, 15) is 14.0 Å². The Morgan fingerprint density at radius 2 is 1.90 bits per heavy atom. The molecule has 0 bridgehead atoms. The lowest BCUT2D eigenvalue weighted by molar-refractivity contribution is -0.127. The fourth-order valence-electron chi connectivity index (χ4n) is 2.95. The normalized spacial score (nSPS) is 14.2. The van der Waals surface area contributed by atoms with Gasteiger partial charge in [0.1, 0.15) is 5.75 Å². The highest BCUT2D eigenvalue weighted by molar-refractivity contribution is 5.92. The van der Waals surface area contributed by atoms with Gasteiger partial charge in [-0.15, -0.1) is 0 Å². The van der Waals surface area contributed by atoms with E-state index in [0.29, 0.717) is 44.1 Å². The number of pyridine rings is 1. The second kappa shape index (κ2) is 10.6. The highest BCUT2D eigenvalue weighted by Crippen LogP contribution is 2.24. The summed E-state index contributed by atoms with van der Waals surface area (Å²) < 4.78 is 25.0. The van der Waals surface area contributed by atoms with Crippen molar-refractivity contribution in [2.45, 2.75) is 13.8 Å². The van der Waals surface area contributed by atoms with Crippen LogP contribution in [0.25, 0.3) is 6.08 Å². The van der Waals surface area contributed by atoms with Crippen LogP contribution in [-0.4, -0.2) is 59.6 Å². The number of benzene rings is 1. The number of carbonyl (C=O) groups is 2. The van der Waals surface area contributed by atoms with Crippen LogP contribution in [0.2, 0.25) is 0 Å². The first-order chi connectivity index (χ1) is 14.9. The largest absolute Gasteiger partial charge is 0.453 e. The SMILES string of the molecule is CC(C)COC(=O)N1CCN(C(=O)/C=C/c2ccc(Oc3cccnc3)c(F)c2)CC1. The van der Waals surface area contributed by atoms with Crippen molar-refractivity contribution in [3.8, 4) is 11.5 Å². The minimum absolute atomic E-state index is 0.0805. The molecule has 0 radical (unpaired) electrons. The summed E-state index contributed by atoms with van der Waals surface area (Å²) in [4.78, 5) is 31.6. The fourth-order valence-corrected chi connectivity index (χ4v) is 2.95. The Morgan fingerprint density at radius 1 is 1.16 bits per heavy atom. The summed E-state index contributed by atoms with van der Waals surface area (Å²) in [7, 11) is 0. The summed E-state index contributed by atoms with van der Waals surface area (Å²) in [6.07, 6.45) is 5.72. The smallest absolute Gasteiger partial charge is 0.409 e. The van der Waals surface area contributed by atoms with Crippen molar-refractivity contribution in [2.24, 2.45) is 5.92 Å². The van der Waals surface area contributed by atoms with Gasteiger partial charge < -0.3 is 19.3 Å². The lowest BCUT2D eigenvalue weighted by Gasteiger charge is -2.33. The van der Waals surface area contributed by atoms with E-state index in [2.05, 4.69) is 4.98 Å². The van der Waals surface area contributed by atoms with Crippen molar-refractivity contribution in [3.63, 3.8) is 0 Å². The molecule has 7 nitrogen and oxygen atoms in total. The number of rotatable bonds is 6. The number of carbonyl (C=O) groups excluding carboxylic acids is 2. The summed E-state index contributed by atoms with van der Waals surface area (Å²) in [5.74, 6) is 0.0695. The van der Waals surface area contributed by atoms with Crippen LogP contribution in [0.5, 0.6) is 11.5 Å². The summed E-state index contributed by atoms with van der Waals surface area (Å²) in [5.41, 5.74) is 0.542. The molecule has 1 aliphatic rings. The minimum atomic E-state index is -0.535. The average Bonchev–Trinajstić information content (AvgIpc) is 2.78. The number of amides is 2.